The molecular formula is C21H28N4O5S2. The summed E-state index contributed by atoms with van der Waals surface area (Å²) in [5.41, 5.74) is 0.748. The van der Waals surface area contributed by atoms with E-state index in [9.17, 15) is 13.2 Å². The lowest BCUT2D eigenvalue weighted by atomic mass is 9.98. The quantitative estimate of drug-likeness (QED) is 0.440. The number of ether oxygens (including phenoxy) is 2. The Bertz CT molecular complexity index is 1030. The molecule has 1 aliphatic carbocycles. The summed E-state index contributed by atoms with van der Waals surface area (Å²) in [4.78, 5) is 12.4. The summed E-state index contributed by atoms with van der Waals surface area (Å²) in [7, 11) is -1.72. The molecule has 0 bridgehead atoms. The average molecular weight is 481 g/mol. The zero-order chi connectivity index (χ0) is 22.6. The maximum atomic E-state index is 12.8. The Morgan fingerprint density at radius 1 is 1.12 bits per heavy atom. The first-order valence-electron chi connectivity index (χ1n) is 10.8. The molecule has 1 aromatic carbocycles. The van der Waals surface area contributed by atoms with Crippen LogP contribution in [0, 0.1) is 0 Å². The molecule has 9 nitrogen and oxygen atoms in total. The summed E-state index contributed by atoms with van der Waals surface area (Å²) >= 11 is 1.29. The predicted molar refractivity (Wildman–Crippen MR) is 120 cm³/mol. The first-order chi connectivity index (χ1) is 15.4. The minimum absolute atomic E-state index is 0.0409. The molecule has 1 aromatic heterocycles. The van der Waals surface area contributed by atoms with Crippen LogP contribution in [-0.4, -0.2) is 71.6 Å². The summed E-state index contributed by atoms with van der Waals surface area (Å²) in [6.07, 6.45) is 5.38. The van der Waals surface area contributed by atoms with Gasteiger partial charge in [-0.3, -0.25) is 4.79 Å². The Balaban J connectivity index is 1.38. The lowest BCUT2D eigenvalue weighted by Gasteiger charge is -2.26. The third kappa shape index (κ3) is 5.33. The second-order valence-corrected chi connectivity index (χ2v) is 10.8. The van der Waals surface area contributed by atoms with Gasteiger partial charge in [-0.1, -0.05) is 18.2 Å². The zero-order valence-corrected chi connectivity index (χ0v) is 19.7. The van der Waals surface area contributed by atoms with Crippen LogP contribution in [0.5, 0.6) is 0 Å². The molecule has 11 heteroatoms. The fourth-order valence-corrected chi connectivity index (χ4v) is 6.03. The third-order valence-electron chi connectivity index (χ3n) is 5.72. The van der Waals surface area contributed by atoms with E-state index in [4.69, 9.17) is 9.47 Å². The normalized spacial score (nSPS) is 18.5. The predicted octanol–water partition coefficient (Wildman–Crippen LogP) is 2.47. The number of morpholine rings is 1. The Morgan fingerprint density at radius 3 is 2.50 bits per heavy atom. The number of benzene rings is 1. The van der Waals surface area contributed by atoms with Gasteiger partial charge >= 0.3 is 5.97 Å². The standard InChI is InChI=1S/C21H28N4O5S2/c1-24-20(22-23-21(24)31-15-19(26)30-17-5-3-2-4-6-17)16-7-9-18(10-8-16)32(27,28)25-11-13-29-14-12-25/h7-10,17H,2-6,11-15H2,1H3. The summed E-state index contributed by atoms with van der Waals surface area (Å²) in [5, 5.41) is 9.01. The molecule has 1 saturated heterocycles. The molecule has 174 valence electrons. The van der Waals surface area contributed by atoms with Crippen molar-refractivity contribution in [1.82, 2.24) is 19.1 Å². The van der Waals surface area contributed by atoms with Crippen LogP contribution in [0.3, 0.4) is 0 Å². The van der Waals surface area contributed by atoms with Gasteiger partial charge in [-0.05, 0) is 49.9 Å². The Labute approximate surface area is 192 Å². The second-order valence-electron chi connectivity index (χ2n) is 7.94. The zero-order valence-electron chi connectivity index (χ0n) is 18.1. The highest BCUT2D eigenvalue weighted by Crippen LogP contribution is 2.26. The third-order valence-corrected chi connectivity index (χ3v) is 8.63. The largest absolute Gasteiger partial charge is 0.462 e. The lowest BCUT2D eigenvalue weighted by molar-refractivity contribution is -0.147. The van der Waals surface area contributed by atoms with E-state index in [-0.39, 0.29) is 22.7 Å². The van der Waals surface area contributed by atoms with Gasteiger partial charge < -0.3 is 14.0 Å². The Kier molecular flexibility index (Phi) is 7.49. The molecule has 1 aliphatic heterocycles. The van der Waals surface area contributed by atoms with Crippen molar-refractivity contribution in [2.75, 3.05) is 32.1 Å². The summed E-state index contributed by atoms with van der Waals surface area (Å²) in [6.45, 7) is 1.53. The van der Waals surface area contributed by atoms with E-state index in [1.165, 1.54) is 22.5 Å². The molecule has 0 unspecified atom stereocenters. The highest BCUT2D eigenvalue weighted by atomic mass is 32.2. The van der Waals surface area contributed by atoms with Crippen LogP contribution in [0.4, 0.5) is 0 Å². The van der Waals surface area contributed by atoms with Crippen LogP contribution in [-0.2, 0) is 31.3 Å². The maximum absolute atomic E-state index is 12.8. The lowest BCUT2D eigenvalue weighted by Crippen LogP contribution is -2.40. The summed E-state index contributed by atoms with van der Waals surface area (Å²) in [5.74, 6) is 0.548. The van der Waals surface area contributed by atoms with E-state index in [2.05, 4.69) is 10.2 Å². The van der Waals surface area contributed by atoms with Crippen molar-refractivity contribution in [3.05, 3.63) is 24.3 Å². The van der Waals surface area contributed by atoms with Crippen LogP contribution < -0.4 is 0 Å². The van der Waals surface area contributed by atoms with Crippen molar-refractivity contribution in [3.63, 3.8) is 0 Å². The van der Waals surface area contributed by atoms with Crippen LogP contribution in [0.1, 0.15) is 32.1 Å². The van der Waals surface area contributed by atoms with E-state index in [0.717, 1.165) is 31.2 Å². The molecule has 0 atom stereocenters. The summed E-state index contributed by atoms with van der Waals surface area (Å²) in [6, 6.07) is 6.62. The number of carbonyl (C=O) groups is 1. The highest BCUT2D eigenvalue weighted by Gasteiger charge is 2.26. The Morgan fingerprint density at radius 2 is 1.81 bits per heavy atom. The van der Waals surface area contributed by atoms with Gasteiger partial charge in [0.25, 0.3) is 0 Å². The molecule has 32 heavy (non-hydrogen) atoms. The molecule has 4 rings (SSSR count). The average Bonchev–Trinajstić information content (AvgIpc) is 3.19. The van der Waals surface area contributed by atoms with Gasteiger partial charge in [0, 0.05) is 25.7 Å². The number of rotatable bonds is 7. The number of thioether (sulfide) groups is 1. The molecule has 2 heterocycles. The van der Waals surface area contributed by atoms with E-state index in [0.29, 0.717) is 37.3 Å². The van der Waals surface area contributed by atoms with Gasteiger partial charge in [0.05, 0.1) is 23.9 Å². The van der Waals surface area contributed by atoms with Gasteiger partial charge in [-0.25, -0.2) is 8.42 Å². The van der Waals surface area contributed by atoms with Crippen molar-refractivity contribution in [2.45, 2.75) is 48.3 Å². The van der Waals surface area contributed by atoms with Crippen LogP contribution >= 0.6 is 11.8 Å². The van der Waals surface area contributed by atoms with E-state index in [1.54, 1.807) is 28.8 Å². The van der Waals surface area contributed by atoms with Crippen molar-refractivity contribution >= 4 is 27.8 Å². The molecular weight excluding hydrogens is 452 g/mol. The maximum Gasteiger partial charge on any atom is 0.316 e. The molecule has 2 aliphatic rings. The van der Waals surface area contributed by atoms with E-state index < -0.39 is 10.0 Å². The molecule has 1 saturated carbocycles. The molecule has 2 aromatic rings. The number of nitrogens with zero attached hydrogens (tertiary/aromatic N) is 4. The minimum atomic E-state index is -3.54. The Hall–Kier alpha value is -1.95. The number of sulfonamides is 1. The topological polar surface area (TPSA) is 104 Å². The smallest absolute Gasteiger partial charge is 0.316 e. The first-order valence-corrected chi connectivity index (χ1v) is 13.3. The van der Waals surface area contributed by atoms with Crippen LogP contribution in [0.2, 0.25) is 0 Å². The molecule has 0 N–H and O–H groups in total. The van der Waals surface area contributed by atoms with Crippen LogP contribution in [0.15, 0.2) is 34.3 Å². The van der Waals surface area contributed by atoms with Crippen LogP contribution in [0.25, 0.3) is 11.4 Å². The molecule has 0 radical (unpaired) electrons. The van der Waals surface area contributed by atoms with E-state index >= 15 is 0 Å². The molecule has 2 fully saturated rings. The van der Waals surface area contributed by atoms with Crippen molar-refractivity contribution < 1.29 is 22.7 Å². The van der Waals surface area contributed by atoms with E-state index in [1.807, 2.05) is 7.05 Å². The van der Waals surface area contributed by atoms with Gasteiger partial charge in [0.2, 0.25) is 10.0 Å². The fourth-order valence-electron chi connectivity index (χ4n) is 3.93. The minimum Gasteiger partial charge on any atom is -0.462 e. The second kappa shape index (κ2) is 10.3. The van der Waals surface area contributed by atoms with Gasteiger partial charge in [0.15, 0.2) is 11.0 Å². The SMILES string of the molecule is Cn1c(SCC(=O)OC2CCCCC2)nnc1-c1ccc(S(=O)(=O)N2CCOCC2)cc1. The summed E-state index contributed by atoms with van der Waals surface area (Å²) < 4.78 is 39.6. The number of esters is 1. The number of hydrogen-bond acceptors (Lipinski definition) is 8. The fraction of sp³-hybridized carbons (Fsp3) is 0.571. The molecule has 0 spiro atoms. The van der Waals surface area contributed by atoms with Gasteiger partial charge in [0.1, 0.15) is 6.10 Å². The number of carbonyl (C=O) groups excluding carboxylic acids is 1. The van der Waals surface area contributed by atoms with Crippen molar-refractivity contribution in [1.29, 1.82) is 0 Å². The van der Waals surface area contributed by atoms with Crippen molar-refractivity contribution in [2.24, 2.45) is 7.05 Å². The monoisotopic (exact) mass is 480 g/mol. The van der Waals surface area contributed by atoms with Gasteiger partial charge in [-0.2, -0.15) is 4.31 Å². The van der Waals surface area contributed by atoms with Crippen molar-refractivity contribution in [3.8, 4) is 11.4 Å². The number of hydrogen-bond donors (Lipinski definition) is 0. The first kappa shape index (κ1) is 23.2. The van der Waals surface area contributed by atoms with Gasteiger partial charge in [-0.15, -0.1) is 10.2 Å². The number of aromatic nitrogens is 3. The molecule has 0 amide bonds. The highest BCUT2D eigenvalue weighted by molar-refractivity contribution is 7.99.